The van der Waals surface area contributed by atoms with Gasteiger partial charge in [0, 0.05) is 17.0 Å². The van der Waals surface area contributed by atoms with Gasteiger partial charge in [0.15, 0.2) is 0 Å². The van der Waals surface area contributed by atoms with E-state index in [0.717, 1.165) is 23.5 Å². The first kappa shape index (κ1) is 14.9. The molecule has 3 aromatic rings. The van der Waals surface area contributed by atoms with E-state index in [9.17, 15) is 0 Å². The summed E-state index contributed by atoms with van der Waals surface area (Å²) in [6.45, 7) is 0.790. The summed E-state index contributed by atoms with van der Waals surface area (Å²) in [5.41, 5.74) is 4.76. The number of hydrogen-bond acceptors (Lipinski definition) is 3. The van der Waals surface area contributed by atoms with Crippen LogP contribution in [0.25, 0.3) is 10.9 Å². The van der Waals surface area contributed by atoms with Gasteiger partial charge >= 0.3 is 0 Å². The number of nitrogens with one attached hydrogen (secondary N) is 1. The third-order valence-corrected chi connectivity index (χ3v) is 5.58. The van der Waals surface area contributed by atoms with E-state index >= 15 is 0 Å². The Labute approximate surface area is 145 Å². The fourth-order valence-corrected chi connectivity index (χ4v) is 4.21. The third kappa shape index (κ3) is 3.04. The number of benzene rings is 2. The molecule has 4 heteroatoms. The van der Waals surface area contributed by atoms with E-state index < -0.39 is 0 Å². The highest BCUT2D eigenvalue weighted by Gasteiger charge is 2.18. The van der Waals surface area contributed by atoms with E-state index in [4.69, 9.17) is 16.6 Å². The molecule has 0 amide bonds. The normalized spacial score (nSPS) is 13.8. The van der Waals surface area contributed by atoms with Crippen molar-refractivity contribution in [2.75, 3.05) is 11.1 Å². The topological polar surface area (TPSA) is 24.9 Å². The summed E-state index contributed by atoms with van der Waals surface area (Å²) in [7, 11) is 0. The lowest BCUT2D eigenvalue weighted by molar-refractivity contribution is 0.852. The van der Waals surface area contributed by atoms with Crippen LogP contribution < -0.4 is 5.32 Å². The minimum Gasteiger partial charge on any atom is -0.379 e. The van der Waals surface area contributed by atoms with E-state index in [2.05, 4.69) is 41.7 Å². The maximum atomic E-state index is 5.97. The number of para-hydroxylation sites is 1. The molecular formula is C19H17ClN2S. The molecule has 116 valence electrons. The van der Waals surface area contributed by atoms with Crippen LogP contribution in [0.15, 0.2) is 53.4 Å². The highest BCUT2D eigenvalue weighted by atomic mass is 35.5. The molecule has 1 aliphatic heterocycles. The lowest BCUT2D eigenvalue weighted by Gasteiger charge is -2.21. The monoisotopic (exact) mass is 340 g/mol. The Morgan fingerprint density at radius 2 is 1.91 bits per heavy atom. The number of hydrogen-bond donors (Lipinski definition) is 1. The number of aryl methyl sites for hydroxylation is 1. The summed E-state index contributed by atoms with van der Waals surface area (Å²) in [6.07, 6.45) is 2.28. The maximum absolute atomic E-state index is 5.97. The van der Waals surface area contributed by atoms with E-state index in [1.807, 2.05) is 23.9 Å². The number of anilines is 1. The highest BCUT2D eigenvalue weighted by molar-refractivity contribution is 7.99. The van der Waals surface area contributed by atoms with Gasteiger partial charge in [-0.25, -0.2) is 0 Å². The van der Waals surface area contributed by atoms with Crippen molar-refractivity contribution in [2.24, 2.45) is 0 Å². The van der Waals surface area contributed by atoms with Crippen LogP contribution in [0, 0.1) is 0 Å². The largest absolute Gasteiger partial charge is 0.379 e. The number of fused-ring (bicyclic) bond motifs is 2. The van der Waals surface area contributed by atoms with Gasteiger partial charge in [0.05, 0.1) is 21.8 Å². The second kappa shape index (κ2) is 6.42. The summed E-state index contributed by atoms with van der Waals surface area (Å²) < 4.78 is 0. The first-order valence-electron chi connectivity index (χ1n) is 7.84. The maximum Gasteiger partial charge on any atom is 0.0726 e. The van der Waals surface area contributed by atoms with Gasteiger partial charge in [-0.1, -0.05) is 41.9 Å². The Bertz CT molecular complexity index is 846. The number of nitrogens with zero attached hydrogens (tertiary/aromatic N) is 1. The quantitative estimate of drug-likeness (QED) is 0.677. The minimum absolute atomic E-state index is 0.774. The number of halogens is 1. The summed E-state index contributed by atoms with van der Waals surface area (Å²) in [4.78, 5) is 6.19. The first-order valence-corrected chi connectivity index (χ1v) is 9.20. The molecule has 0 bridgehead atoms. The van der Waals surface area contributed by atoms with Crippen molar-refractivity contribution in [2.45, 2.75) is 24.3 Å². The summed E-state index contributed by atoms with van der Waals surface area (Å²) in [5.74, 6) is 1.17. The zero-order valence-corrected chi connectivity index (χ0v) is 14.3. The van der Waals surface area contributed by atoms with Gasteiger partial charge in [-0.2, -0.15) is 0 Å². The first-order chi connectivity index (χ1) is 11.3. The smallest absolute Gasteiger partial charge is 0.0726 e. The fourth-order valence-electron chi connectivity index (χ4n) is 2.95. The van der Waals surface area contributed by atoms with Crippen LogP contribution in [0.5, 0.6) is 0 Å². The van der Waals surface area contributed by atoms with Gasteiger partial charge in [0.1, 0.15) is 0 Å². The molecule has 0 fully saturated rings. The van der Waals surface area contributed by atoms with E-state index in [0.29, 0.717) is 0 Å². The van der Waals surface area contributed by atoms with E-state index in [1.54, 1.807) is 0 Å². The molecule has 2 heterocycles. The molecule has 1 aliphatic rings. The second-order valence-corrected chi connectivity index (χ2v) is 7.25. The lowest BCUT2D eigenvalue weighted by atomic mass is 10.1. The highest BCUT2D eigenvalue weighted by Crippen LogP contribution is 2.39. The van der Waals surface area contributed by atoms with Crippen molar-refractivity contribution in [3.8, 4) is 0 Å². The van der Waals surface area contributed by atoms with Crippen LogP contribution >= 0.6 is 23.4 Å². The Hall–Kier alpha value is -1.71. The van der Waals surface area contributed by atoms with Crippen molar-refractivity contribution in [3.63, 3.8) is 0 Å². The minimum atomic E-state index is 0.774. The van der Waals surface area contributed by atoms with Crippen molar-refractivity contribution < 1.29 is 0 Å². The fraction of sp³-hybridized carbons (Fsp3) is 0.211. The lowest BCUT2D eigenvalue weighted by Crippen LogP contribution is -2.08. The molecule has 0 radical (unpaired) electrons. The molecule has 23 heavy (non-hydrogen) atoms. The van der Waals surface area contributed by atoms with Gasteiger partial charge < -0.3 is 5.32 Å². The van der Waals surface area contributed by atoms with Gasteiger partial charge in [-0.3, -0.25) is 4.98 Å². The molecule has 0 saturated carbocycles. The van der Waals surface area contributed by atoms with Crippen molar-refractivity contribution in [1.82, 2.24) is 4.98 Å². The average molecular weight is 341 g/mol. The second-order valence-electron chi connectivity index (χ2n) is 5.71. The Kier molecular flexibility index (Phi) is 4.15. The van der Waals surface area contributed by atoms with E-state index in [1.165, 1.54) is 39.4 Å². The van der Waals surface area contributed by atoms with Crippen LogP contribution in [-0.4, -0.2) is 10.7 Å². The van der Waals surface area contributed by atoms with E-state index in [-0.39, 0.29) is 0 Å². The number of thioether (sulfide) groups is 1. The summed E-state index contributed by atoms with van der Waals surface area (Å²) in [5, 5.41) is 5.63. The number of pyridine rings is 1. The van der Waals surface area contributed by atoms with Gasteiger partial charge in [-0.15, -0.1) is 11.8 Å². The van der Waals surface area contributed by atoms with Crippen molar-refractivity contribution in [1.29, 1.82) is 0 Å². The molecule has 2 nitrogen and oxygen atoms in total. The molecule has 0 atom stereocenters. The molecule has 0 spiro atoms. The Morgan fingerprint density at radius 3 is 2.78 bits per heavy atom. The summed E-state index contributed by atoms with van der Waals surface area (Å²) in [6, 6.07) is 16.4. The predicted molar refractivity (Wildman–Crippen MR) is 99.6 cm³/mol. The average Bonchev–Trinajstić information content (AvgIpc) is 2.60. The van der Waals surface area contributed by atoms with Crippen LogP contribution in [0.3, 0.4) is 0 Å². The molecular weight excluding hydrogens is 324 g/mol. The zero-order valence-electron chi connectivity index (χ0n) is 12.7. The third-order valence-electron chi connectivity index (χ3n) is 4.10. The molecule has 4 rings (SSSR count). The van der Waals surface area contributed by atoms with Crippen LogP contribution in [-0.2, 0) is 13.0 Å². The van der Waals surface area contributed by atoms with Gasteiger partial charge in [-0.05, 0) is 42.4 Å². The van der Waals surface area contributed by atoms with Crippen LogP contribution in [0.1, 0.15) is 17.7 Å². The van der Waals surface area contributed by atoms with Crippen LogP contribution in [0.4, 0.5) is 5.69 Å². The van der Waals surface area contributed by atoms with Gasteiger partial charge in [0.25, 0.3) is 0 Å². The van der Waals surface area contributed by atoms with Gasteiger partial charge in [0.2, 0.25) is 0 Å². The van der Waals surface area contributed by atoms with Crippen molar-refractivity contribution in [3.05, 3.63) is 64.8 Å². The molecule has 0 aliphatic carbocycles. The Balaban J connectivity index is 1.73. The zero-order chi connectivity index (χ0) is 15.6. The molecule has 2 aromatic carbocycles. The van der Waals surface area contributed by atoms with Crippen molar-refractivity contribution >= 4 is 40.0 Å². The summed E-state index contributed by atoms with van der Waals surface area (Å²) >= 11 is 7.89. The Morgan fingerprint density at radius 1 is 1.09 bits per heavy atom. The number of rotatable bonds is 3. The number of aromatic nitrogens is 1. The van der Waals surface area contributed by atoms with Crippen LogP contribution in [0.2, 0.25) is 5.02 Å². The molecule has 0 unspecified atom stereocenters. The molecule has 1 N–H and O–H groups in total. The standard InChI is InChI=1S/C19H17ClN2S/c20-14-9-7-13(8-10-14)12-21-18-15-4-1-2-5-16(15)22-17-6-3-11-23-19(17)18/h1-2,4-5,7-10H,3,6,11-12H2,(H,21,22). The molecule has 1 aromatic heterocycles. The SMILES string of the molecule is Clc1ccc(CNc2c3c(nc4ccccc24)CCCS3)cc1. The predicted octanol–water partition coefficient (Wildman–Crippen LogP) is 5.54. The molecule has 0 saturated heterocycles.